The highest BCUT2D eigenvalue weighted by atomic mass is 35.5. The number of nitrogens with one attached hydrogen (secondary N) is 1. The lowest BCUT2D eigenvalue weighted by atomic mass is 10.1. The minimum Gasteiger partial charge on any atom is -0.381 e. The predicted molar refractivity (Wildman–Crippen MR) is 97.8 cm³/mol. The van der Waals surface area contributed by atoms with E-state index in [4.69, 9.17) is 16.3 Å². The predicted octanol–water partition coefficient (Wildman–Crippen LogP) is 4.21. The van der Waals surface area contributed by atoms with E-state index in [-0.39, 0.29) is 21.9 Å². The first kappa shape index (κ1) is 16.9. The second-order valence-corrected chi connectivity index (χ2v) is 7.90. The highest BCUT2D eigenvalue weighted by Gasteiger charge is 2.32. The highest BCUT2D eigenvalue weighted by Crippen LogP contribution is 2.45. The van der Waals surface area contributed by atoms with Gasteiger partial charge in [0.25, 0.3) is 5.56 Å². The molecule has 2 aromatic rings. The standard InChI is InChI=1S/C17H17ClFN3O2S/c1-9-20-16-14(15(25-9)10-2-3-13(19)12(18)8-10)17(23)21-22(16)11-4-6-24-7-5-11/h2-3,8,11,15H,4-7H2,1H3,(H,21,23). The Bertz CT molecular complexity index is 902. The van der Waals surface area contributed by atoms with Gasteiger partial charge in [-0.15, -0.1) is 0 Å². The summed E-state index contributed by atoms with van der Waals surface area (Å²) in [5, 5.41) is 3.61. The number of hydrogen-bond acceptors (Lipinski definition) is 4. The molecule has 2 aliphatic rings. The molecule has 0 amide bonds. The second kappa shape index (κ2) is 6.63. The van der Waals surface area contributed by atoms with E-state index in [1.54, 1.807) is 12.1 Å². The number of thioether (sulfide) groups is 1. The van der Waals surface area contributed by atoms with Crippen LogP contribution in [-0.4, -0.2) is 28.0 Å². The summed E-state index contributed by atoms with van der Waals surface area (Å²) in [6.45, 7) is 3.26. The van der Waals surface area contributed by atoms with E-state index in [1.165, 1.54) is 17.8 Å². The number of benzene rings is 1. The SMILES string of the molecule is CC1=Nc2c(c(=O)[nH]n2C2CCOCC2)C(c2ccc(F)c(Cl)c2)S1. The Morgan fingerprint density at radius 3 is 2.88 bits per heavy atom. The fourth-order valence-electron chi connectivity index (χ4n) is 3.33. The van der Waals surface area contributed by atoms with Crippen LogP contribution in [0.25, 0.3) is 0 Å². The summed E-state index contributed by atoms with van der Waals surface area (Å²) < 4.78 is 20.8. The lowest BCUT2D eigenvalue weighted by molar-refractivity contribution is 0.0666. The van der Waals surface area contributed by atoms with Gasteiger partial charge in [-0.05, 0) is 37.5 Å². The van der Waals surface area contributed by atoms with E-state index in [0.29, 0.717) is 24.6 Å². The Hall–Kier alpha value is -1.57. The molecular weight excluding hydrogens is 365 g/mol. The molecule has 25 heavy (non-hydrogen) atoms. The summed E-state index contributed by atoms with van der Waals surface area (Å²) in [5.74, 6) is 0.198. The maximum absolute atomic E-state index is 13.5. The number of halogens is 2. The number of ether oxygens (including phenoxy) is 1. The van der Waals surface area contributed by atoms with Crippen LogP contribution in [0, 0.1) is 5.82 Å². The molecule has 1 unspecified atom stereocenters. The van der Waals surface area contributed by atoms with Crippen molar-refractivity contribution in [1.29, 1.82) is 0 Å². The zero-order valence-electron chi connectivity index (χ0n) is 13.6. The van der Waals surface area contributed by atoms with Gasteiger partial charge >= 0.3 is 0 Å². The Balaban J connectivity index is 1.82. The zero-order chi connectivity index (χ0) is 17.6. The summed E-state index contributed by atoms with van der Waals surface area (Å²) in [5.41, 5.74) is 1.24. The fraction of sp³-hybridized carbons (Fsp3) is 0.412. The first-order chi connectivity index (χ1) is 12.0. The molecule has 1 N–H and O–H groups in total. The molecule has 1 aromatic carbocycles. The summed E-state index contributed by atoms with van der Waals surface area (Å²) >= 11 is 7.43. The molecule has 5 nitrogen and oxygen atoms in total. The summed E-state index contributed by atoms with van der Waals surface area (Å²) in [6.07, 6.45) is 1.68. The monoisotopic (exact) mass is 381 g/mol. The van der Waals surface area contributed by atoms with Crippen LogP contribution in [0.3, 0.4) is 0 Å². The smallest absolute Gasteiger partial charge is 0.271 e. The van der Waals surface area contributed by atoms with Crippen LogP contribution in [-0.2, 0) is 4.74 Å². The van der Waals surface area contributed by atoms with Crippen molar-refractivity contribution in [2.45, 2.75) is 31.1 Å². The molecule has 0 aliphatic carbocycles. The number of fused-ring (bicyclic) bond motifs is 1. The first-order valence-corrected chi connectivity index (χ1v) is 9.39. The Kier molecular flexibility index (Phi) is 4.47. The van der Waals surface area contributed by atoms with Gasteiger partial charge in [-0.3, -0.25) is 14.6 Å². The number of rotatable bonds is 2. The third-order valence-corrected chi connectivity index (χ3v) is 6.02. The molecule has 8 heteroatoms. The number of H-pyrrole nitrogens is 1. The van der Waals surface area contributed by atoms with Crippen LogP contribution in [0.2, 0.25) is 5.02 Å². The van der Waals surface area contributed by atoms with Crippen LogP contribution in [0.4, 0.5) is 10.2 Å². The molecule has 0 bridgehead atoms. The zero-order valence-corrected chi connectivity index (χ0v) is 15.2. The molecule has 0 saturated carbocycles. The molecule has 0 radical (unpaired) electrons. The van der Waals surface area contributed by atoms with Crippen molar-refractivity contribution in [3.05, 3.63) is 50.5 Å². The van der Waals surface area contributed by atoms with Crippen molar-refractivity contribution < 1.29 is 9.13 Å². The van der Waals surface area contributed by atoms with Gasteiger partial charge in [-0.25, -0.2) is 9.38 Å². The summed E-state index contributed by atoms with van der Waals surface area (Å²) in [6, 6.07) is 4.76. The number of aromatic nitrogens is 2. The van der Waals surface area contributed by atoms with Crippen LogP contribution in [0.15, 0.2) is 28.0 Å². The highest BCUT2D eigenvalue weighted by molar-refractivity contribution is 8.14. The van der Waals surface area contributed by atoms with E-state index in [9.17, 15) is 9.18 Å². The maximum atomic E-state index is 13.5. The minimum absolute atomic E-state index is 0.0557. The van der Waals surface area contributed by atoms with E-state index in [0.717, 1.165) is 23.4 Å². The molecule has 1 atom stereocenters. The van der Waals surface area contributed by atoms with Gasteiger partial charge in [-0.1, -0.05) is 29.4 Å². The van der Waals surface area contributed by atoms with Gasteiger partial charge in [0.2, 0.25) is 0 Å². The maximum Gasteiger partial charge on any atom is 0.271 e. The second-order valence-electron chi connectivity index (χ2n) is 6.19. The number of aliphatic imine (C=N–C) groups is 1. The van der Waals surface area contributed by atoms with Crippen molar-refractivity contribution in [2.75, 3.05) is 13.2 Å². The molecule has 1 fully saturated rings. The molecule has 0 spiro atoms. The topological polar surface area (TPSA) is 59.4 Å². The van der Waals surface area contributed by atoms with Gasteiger partial charge in [0, 0.05) is 13.2 Å². The van der Waals surface area contributed by atoms with Gasteiger partial charge in [-0.2, -0.15) is 0 Å². The lowest BCUT2D eigenvalue weighted by Crippen LogP contribution is -2.21. The van der Waals surface area contributed by atoms with Crippen molar-refractivity contribution in [2.24, 2.45) is 4.99 Å². The number of aromatic amines is 1. The Morgan fingerprint density at radius 2 is 2.16 bits per heavy atom. The minimum atomic E-state index is -0.467. The van der Waals surface area contributed by atoms with Crippen molar-refractivity contribution in [1.82, 2.24) is 9.78 Å². The molecule has 132 valence electrons. The van der Waals surface area contributed by atoms with Crippen molar-refractivity contribution in [3.63, 3.8) is 0 Å². The third-order valence-electron chi connectivity index (χ3n) is 4.55. The average Bonchev–Trinajstić information content (AvgIpc) is 2.94. The molecule has 3 heterocycles. The molecule has 2 aliphatic heterocycles. The Morgan fingerprint density at radius 1 is 1.40 bits per heavy atom. The first-order valence-electron chi connectivity index (χ1n) is 8.13. The van der Waals surface area contributed by atoms with E-state index < -0.39 is 5.82 Å². The van der Waals surface area contributed by atoms with Gasteiger partial charge < -0.3 is 4.74 Å². The largest absolute Gasteiger partial charge is 0.381 e. The quantitative estimate of drug-likeness (QED) is 0.847. The normalized spacial score (nSPS) is 21.1. The molecular formula is C17H17ClFN3O2S. The molecule has 1 aromatic heterocycles. The number of hydrogen-bond donors (Lipinski definition) is 1. The van der Waals surface area contributed by atoms with Crippen molar-refractivity contribution >= 4 is 34.2 Å². The number of nitrogens with zero attached hydrogens (tertiary/aromatic N) is 2. The van der Waals surface area contributed by atoms with Crippen LogP contribution >= 0.6 is 23.4 Å². The van der Waals surface area contributed by atoms with E-state index in [2.05, 4.69) is 10.1 Å². The van der Waals surface area contributed by atoms with E-state index >= 15 is 0 Å². The Labute approximate surface area is 153 Å². The van der Waals surface area contributed by atoms with Crippen LogP contribution < -0.4 is 5.56 Å². The third kappa shape index (κ3) is 3.05. The molecule has 4 rings (SSSR count). The summed E-state index contributed by atoms with van der Waals surface area (Å²) in [7, 11) is 0. The summed E-state index contributed by atoms with van der Waals surface area (Å²) in [4.78, 5) is 17.3. The lowest BCUT2D eigenvalue weighted by Gasteiger charge is -2.26. The van der Waals surface area contributed by atoms with Gasteiger partial charge in [0.05, 0.1) is 26.9 Å². The van der Waals surface area contributed by atoms with Crippen LogP contribution in [0.1, 0.15) is 42.2 Å². The van der Waals surface area contributed by atoms with Crippen LogP contribution in [0.5, 0.6) is 0 Å². The van der Waals surface area contributed by atoms with Gasteiger partial charge in [0.1, 0.15) is 5.82 Å². The van der Waals surface area contributed by atoms with Crippen molar-refractivity contribution in [3.8, 4) is 0 Å². The van der Waals surface area contributed by atoms with E-state index in [1.807, 2.05) is 11.6 Å². The molecule has 1 saturated heterocycles. The average molecular weight is 382 g/mol. The fourth-order valence-corrected chi connectivity index (χ4v) is 4.61. The van der Waals surface area contributed by atoms with Gasteiger partial charge in [0.15, 0.2) is 5.82 Å².